The first-order chi connectivity index (χ1) is 9.22. The Kier molecular flexibility index (Phi) is 4.99. The highest BCUT2D eigenvalue weighted by atomic mass is 79.9. The van der Waals surface area contributed by atoms with E-state index in [4.69, 9.17) is 4.74 Å². The van der Waals surface area contributed by atoms with Gasteiger partial charge in [0.2, 0.25) is 5.95 Å². The van der Waals surface area contributed by atoms with Crippen molar-refractivity contribution in [3.05, 3.63) is 40.6 Å². The standard InChI is InChI=1S/C14H18BrN3O/c1-11-12(15)5-3-6-13(11)17-14-16-7-9-18(14)8-4-10-19-2/h3,5-7,9H,4,8,10H2,1-2H3,(H,16,17). The maximum absolute atomic E-state index is 5.07. The van der Waals surface area contributed by atoms with E-state index < -0.39 is 0 Å². The number of hydrogen-bond donors (Lipinski definition) is 1. The highest BCUT2D eigenvalue weighted by molar-refractivity contribution is 9.10. The van der Waals surface area contributed by atoms with Crippen LogP contribution in [-0.2, 0) is 11.3 Å². The Morgan fingerprint density at radius 3 is 3.05 bits per heavy atom. The number of ether oxygens (including phenoxy) is 1. The van der Waals surface area contributed by atoms with Crippen molar-refractivity contribution in [2.45, 2.75) is 19.9 Å². The molecule has 0 bridgehead atoms. The number of nitrogens with one attached hydrogen (secondary N) is 1. The monoisotopic (exact) mass is 323 g/mol. The average Bonchev–Trinajstić information content (AvgIpc) is 2.83. The number of methoxy groups -OCH3 is 1. The molecule has 0 aliphatic rings. The molecule has 0 fully saturated rings. The van der Waals surface area contributed by atoms with Crippen LogP contribution >= 0.6 is 15.9 Å². The highest BCUT2D eigenvalue weighted by Crippen LogP contribution is 2.25. The minimum absolute atomic E-state index is 0.757. The maximum Gasteiger partial charge on any atom is 0.207 e. The molecule has 5 heteroatoms. The number of hydrogen-bond acceptors (Lipinski definition) is 3. The first-order valence-corrected chi connectivity index (χ1v) is 7.04. The van der Waals surface area contributed by atoms with Gasteiger partial charge in [-0.25, -0.2) is 4.98 Å². The van der Waals surface area contributed by atoms with E-state index in [1.165, 1.54) is 5.56 Å². The van der Waals surface area contributed by atoms with Gasteiger partial charge in [-0.3, -0.25) is 0 Å². The molecule has 1 heterocycles. The highest BCUT2D eigenvalue weighted by Gasteiger charge is 2.06. The zero-order valence-corrected chi connectivity index (χ0v) is 12.8. The lowest BCUT2D eigenvalue weighted by atomic mass is 10.2. The van der Waals surface area contributed by atoms with Crippen molar-refractivity contribution < 1.29 is 4.74 Å². The van der Waals surface area contributed by atoms with Crippen LogP contribution in [0.1, 0.15) is 12.0 Å². The summed E-state index contributed by atoms with van der Waals surface area (Å²) in [6, 6.07) is 6.09. The summed E-state index contributed by atoms with van der Waals surface area (Å²) in [7, 11) is 1.72. The number of imidazole rings is 1. The number of benzene rings is 1. The van der Waals surface area contributed by atoms with Crippen molar-refractivity contribution in [2.24, 2.45) is 0 Å². The second kappa shape index (κ2) is 6.73. The van der Waals surface area contributed by atoms with Gasteiger partial charge in [-0.2, -0.15) is 0 Å². The molecule has 1 aromatic carbocycles. The third-order valence-corrected chi connectivity index (χ3v) is 3.84. The van der Waals surface area contributed by atoms with E-state index in [0.717, 1.165) is 35.7 Å². The predicted molar refractivity (Wildman–Crippen MR) is 80.9 cm³/mol. The van der Waals surface area contributed by atoms with Crippen LogP contribution in [0.4, 0.5) is 11.6 Å². The summed E-state index contributed by atoms with van der Waals surface area (Å²) in [6.45, 7) is 3.72. The van der Waals surface area contributed by atoms with Gasteiger partial charge >= 0.3 is 0 Å². The molecule has 0 spiro atoms. The third kappa shape index (κ3) is 3.58. The van der Waals surface area contributed by atoms with Gasteiger partial charge in [-0.1, -0.05) is 22.0 Å². The van der Waals surface area contributed by atoms with E-state index >= 15 is 0 Å². The SMILES string of the molecule is COCCCn1ccnc1Nc1cccc(Br)c1C. The van der Waals surface area contributed by atoms with Crippen molar-refractivity contribution in [1.82, 2.24) is 9.55 Å². The van der Waals surface area contributed by atoms with Crippen molar-refractivity contribution in [1.29, 1.82) is 0 Å². The number of anilines is 2. The molecule has 0 unspecified atom stereocenters. The van der Waals surface area contributed by atoms with Crippen molar-refractivity contribution >= 4 is 27.6 Å². The quantitative estimate of drug-likeness (QED) is 0.823. The van der Waals surface area contributed by atoms with Gasteiger partial charge in [0.05, 0.1) is 0 Å². The zero-order valence-electron chi connectivity index (χ0n) is 11.2. The number of aryl methyl sites for hydroxylation is 1. The summed E-state index contributed by atoms with van der Waals surface area (Å²) < 4.78 is 8.26. The predicted octanol–water partition coefficient (Wildman–Crippen LogP) is 3.73. The number of rotatable bonds is 6. The molecule has 0 atom stereocenters. The number of aromatic nitrogens is 2. The normalized spacial score (nSPS) is 10.7. The van der Waals surface area contributed by atoms with E-state index in [0.29, 0.717) is 0 Å². The van der Waals surface area contributed by atoms with Crippen LogP contribution in [0.15, 0.2) is 35.1 Å². The van der Waals surface area contributed by atoms with Gasteiger partial charge in [-0.05, 0) is 31.0 Å². The fraction of sp³-hybridized carbons (Fsp3) is 0.357. The first kappa shape index (κ1) is 14.1. The minimum Gasteiger partial charge on any atom is -0.385 e. The van der Waals surface area contributed by atoms with Gasteiger partial charge in [0.15, 0.2) is 0 Å². The molecular formula is C14H18BrN3O. The zero-order chi connectivity index (χ0) is 13.7. The molecular weight excluding hydrogens is 306 g/mol. The Morgan fingerprint density at radius 2 is 2.26 bits per heavy atom. The average molecular weight is 324 g/mol. The minimum atomic E-state index is 0.757. The fourth-order valence-corrected chi connectivity index (χ4v) is 2.22. The van der Waals surface area contributed by atoms with Gasteiger partial charge in [0, 0.05) is 42.8 Å². The first-order valence-electron chi connectivity index (χ1n) is 6.24. The molecule has 102 valence electrons. The second-order valence-electron chi connectivity index (χ2n) is 4.33. The van der Waals surface area contributed by atoms with Gasteiger partial charge in [0.25, 0.3) is 0 Å². The van der Waals surface area contributed by atoms with Crippen LogP contribution < -0.4 is 5.32 Å². The Morgan fingerprint density at radius 1 is 1.42 bits per heavy atom. The summed E-state index contributed by atoms with van der Waals surface area (Å²) in [5.41, 5.74) is 2.24. The molecule has 4 nitrogen and oxygen atoms in total. The Balaban J connectivity index is 2.11. The topological polar surface area (TPSA) is 39.1 Å². The summed E-state index contributed by atoms with van der Waals surface area (Å²) >= 11 is 3.54. The Hall–Kier alpha value is -1.33. The summed E-state index contributed by atoms with van der Waals surface area (Å²) in [6.07, 6.45) is 4.76. The molecule has 0 saturated carbocycles. The lowest BCUT2D eigenvalue weighted by Gasteiger charge is -2.12. The lowest BCUT2D eigenvalue weighted by Crippen LogP contribution is -2.06. The molecule has 0 amide bonds. The molecule has 19 heavy (non-hydrogen) atoms. The Labute approximate surface area is 121 Å². The van der Waals surface area contributed by atoms with E-state index in [1.807, 2.05) is 30.6 Å². The summed E-state index contributed by atoms with van der Waals surface area (Å²) in [4.78, 5) is 4.36. The molecule has 0 radical (unpaired) electrons. The van der Waals surface area contributed by atoms with Crippen LogP contribution in [0.3, 0.4) is 0 Å². The molecule has 0 aliphatic heterocycles. The molecule has 1 N–H and O–H groups in total. The fourth-order valence-electron chi connectivity index (χ4n) is 1.86. The third-order valence-electron chi connectivity index (χ3n) is 2.98. The largest absolute Gasteiger partial charge is 0.385 e. The number of halogens is 1. The van der Waals surface area contributed by atoms with Crippen molar-refractivity contribution in [3.8, 4) is 0 Å². The van der Waals surface area contributed by atoms with E-state index in [2.05, 4.69) is 37.7 Å². The smallest absolute Gasteiger partial charge is 0.207 e. The van der Waals surface area contributed by atoms with Crippen LogP contribution in [0.25, 0.3) is 0 Å². The molecule has 0 aliphatic carbocycles. The maximum atomic E-state index is 5.07. The van der Waals surface area contributed by atoms with Crippen LogP contribution in [-0.4, -0.2) is 23.3 Å². The summed E-state index contributed by atoms with van der Waals surface area (Å²) in [5.74, 6) is 0.859. The van der Waals surface area contributed by atoms with Gasteiger partial charge in [-0.15, -0.1) is 0 Å². The molecule has 2 aromatic rings. The molecule has 1 aromatic heterocycles. The molecule has 0 saturated heterocycles. The van der Waals surface area contributed by atoms with Crippen molar-refractivity contribution in [3.63, 3.8) is 0 Å². The van der Waals surface area contributed by atoms with Gasteiger partial charge < -0.3 is 14.6 Å². The van der Waals surface area contributed by atoms with Crippen LogP contribution in [0.5, 0.6) is 0 Å². The van der Waals surface area contributed by atoms with E-state index in [9.17, 15) is 0 Å². The van der Waals surface area contributed by atoms with E-state index in [1.54, 1.807) is 7.11 Å². The molecule has 2 rings (SSSR count). The van der Waals surface area contributed by atoms with Crippen LogP contribution in [0.2, 0.25) is 0 Å². The van der Waals surface area contributed by atoms with Crippen molar-refractivity contribution in [2.75, 3.05) is 19.0 Å². The lowest BCUT2D eigenvalue weighted by molar-refractivity contribution is 0.190. The Bertz CT molecular complexity index is 539. The van der Waals surface area contributed by atoms with Crippen LogP contribution in [0, 0.1) is 6.92 Å². The van der Waals surface area contributed by atoms with E-state index in [-0.39, 0.29) is 0 Å². The second-order valence-corrected chi connectivity index (χ2v) is 5.18. The van der Waals surface area contributed by atoms with Gasteiger partial charge in [0.1, 0.15) is 0 Å². The summed E-state index contributed by atoms with van der Waals surface area (Å²) in [5, 5.41) is 3.37. The number of nitrogens with zero attached hydrogens (tertiary/aromatic N) is 2.